The molecule has 0 aliphatic heterocycles. The monoisotopic (exact) mass is 427 g/mol. The molecule has 0 aliphatic carbocycles. The number of thiazole rings is 1. The van der Waals surface area contributed by atoms with Gasteiger partial charge in [-0.25, -0.2) is 15.0 Å². The van der Waals surface area contributed by atoms with Gasteiger partial charge in [0.1, 0.15) is 23.5 Å². The van der Waals surface area contributed by atoms with Crippen LogP contribution >= 0.6 is 11.3 Å². The molecule has 0 saturated heterocycles. The van der Waals surface area contributed by atoms with E-state index < -0.39 is 0 Å². The van der Waals surface area contributed by atoms with Crippen LogP contribution in [0.3, 0.4) is 0 Å². The molecule has 5 aromatic rings. The van der Waals surface area contributed by atoms with E-state index in [0.717, 1.165) is 27.3 Å². The topological polar surface area (TPSA) is 93.7 Å². The SMILES string of the molecule is O=C(Cc1ccc(Oc2ncnc3[nH]c(-c4ccccn4)cc23)cc1)Cc1nccs1. The molecule has 8 heteroatoms. The highest BCUT2D eigenvalue weighted by Crippen LogP contribution is 2.30. The zero-order valence-electron chi connectivity index (χ0n) is 16.4. The molecule has 1 N–H and O–H groups in total. The number of Topliss-reactive ketones (excluding diaryl/α,β-unsaturated/α-hetero) is 1. The van der Waals surface area contributed by atoms with Gasteiger partial charge in [-0.05, 0) is 35.9 Å². The Balaban J connectivity index is 1.31. The summed E-state index contributed by atoms with van der Waals surface area (Å²) in [6, 6.07) is 15.1. The fraction of sp³-hybridized carbons (Fsp3) is 0.0870. The van der Waals surface area contributed by atoms with E-state index in [1.54, 1.807) is 12.4 Å². The first kappa shape index (κ1) is 19.1. The maximum absolute atomic E-state index is 12.2. The van der Waals surface area contributed by atoms with Crippen molar-refractivity contribution in [3.8, 4) is 23.0 Å². The summed E-state index contributed by atoms with van der Waals surface area (Å²) in [6.45, 7) is 0. The van der Waals surface area contributed by atoms with Crippen molar-refractivity contribution in [3.05, 3.63) is 83.2 Å². The molecule has 0 spiro atoms. The fourth-order valence-corrected chi connectivity index (χ4v) is 3.89. The lowest BCUT2D eigenvalue weighted by atomic mass is 10.1. The first-order valence-corrected chi connectivity index (χ1v) is 10.5. The molecule has 0 radical (unpaired) electrons. The van der Waals surface area contributed by atoms with Crippen LogP contribution in [0.5, 0.6) is 11.6 Å². The summed E-state index contributed by atoms with van der Waals surface area (Å²) >= 11 is 1.50. The number of nitrogens with zero attached hydrogens (tertiary/aromatic N) is 4. The van der Waals surface area contributed by atoms with Crippen molar-refractivity contribution in [2.24, 2.45) is 0 Å². The van der Waals surface area contributed by atoms with Crippen LogP contribution in [0.1, 0.15) is 10.6 Å². The minimum Gasteiger partial charge on any atom is -0.438 e. The molecule has 0 amide bonds. The Morgan fingerprint density at radius 3 is 2.65 bits per heavy atom. The number of aromatic amines is 1. The molecular weight excluding hydrogens is 410 g/mol. The Morgan fingerprint density at radius 1 is 0.968 bits per heavy atom. The quantitative estimate of drug-likeness (QED) is 0.407. The van der Waals surface area contributed by atoms with Gasteiger partial charge >= 0.3 is 0 Å². The normalized spacial score (nSPS) is 11.0. The largest absolute Gasteiger partial charge is 0.438 e. The Kier molecular flexibility index (Phi) is 5.20. The summed E-state index contributed by atoms with van der Waals surface area (Å²) in [5, 5.41) is 3.49. The highest BCUT2D eigenvalue weighted by molar-refractivity contribution is 7.09. The van der Waals surface area contributed by atoms with Gasteiger partial charge in [0.15, 0.2) is 0 Å². The lowest BCUT2D eigenvalue weighted by Crippen LogP contribution is -2.06. The number of benzene rings is 1. The highest BCUT2D eigenvalue weighted by atomic mass is 32.1. The van der Waals surface area contributed by atoms with Crippen LogP contribution in [-0.4, -0.2) is 30.7 Å². The third-order valence-electron chi connectivity index (χ3n) is 4.70. The lowest BCUT2D eigenvalue weighted by Gasteiger charge is -2.06. The number of aromatic nitrogens is 5. The molecule has 152 valence electrons. The van der Waals surface area contributed by atoms with Crippen molar-refractivity contribution < 1.29 is 9.53 Å². The number of hydrogen-bond donors (Lipinski definition) is 1. The van der Waals surface area contributed by atoms with Gasteiger partial charge in [-0.15, -0.1) is 11.3 Å². The van der Waals surface area contributed by atoms with E-state index in [1.807, 2.05) is 53.9 Å². The van der Waals surface area contributed by atoms with Crippen molar-refractivity contribution in [1.29, 1.82) is 0 Å². The summed E-state index contributed by atoms with van der Waals surface area (Å²) in [5.41, 5.74) is 3.27. The Bertz CT molecular complexity index is 1320. The molecule has 0 saturated carbocycles. The van der Waals surface area contributed by atoms with E-state index in [-0.39, 0.29) is 5.78 Å². The van der Waals surface area contributed by atoms with Gasteiger partial charge in [-0.2, -0.15) is 0 Å². The van der Waals surface area contributed by atoms with Crippen LogP contribution in [0.2, 0.25) is 0 Å². The second kappa shape index (κ2) is 8.45. The highest BCUT2D eigenvalue weighted by Gasteiger charge is 2.12. The van der Waals surface area contributed by atoms with E-state index in [2.05, 4.69) is 24.9 Å². The van der Waals surface area contributed by atoms with Gasteiger partial charge in [0.2, 0.25) is 5.88 Å². The van der Waals surface area contributed by atoms with Crippen LogP contribution in [0.15, 0.2) is 72.6 Å². The number of nitrogens with one attached hydrogen (secondary N) is 1. The number of hydrogen-bond acceptors (Lipinski definition) is 7. The molecule has 31 heavy (non-hydrogen) atoms. The number of fused-ring (bicyclic) bond motifs is 1. The summed E-state index contributed by atoms with van der Waals surface area (Å²) in [6.07, 6.45) is 5.65. The predicted octanol–water partition coefficient (Wildman–Crippen LogP) is 4.62. The van der Waals surface area contributed by atoms with Crippen molar-refractivity contribution >= 4 is 28.2 Å². The summed E-state index contributed by atoms with van der Waals surface area (Å²) in [7, 11) is 0. The smallest absolute Gasteiger partial charge is 0.231 e. The number of rotatable bonds is 7. The maximum atomic E-state index is 12.2. The standard InChI is InChI=1S/C23H17N5O2S/c29-16(12-21-25-9-10-31-21)11-15-4-6-17(7-5-15)30-23-18-13-20(19-3-1-2-8-24-19)28-22(18)26-14-27-23/h1-10,13-14H,11-12H2,(H,26,27,28). The van der Waals surface area contributed by atoms with Gasteiger partial charge in [0.25, 0.3) is 0 Å². The van der Waals surface area contributed by atoms with Gasteiger partial charge in [-0.3, -0.25) is 9.78 Å². The third kappa shape index (κ3) is 4.34. The number of pyridine rings is 1. The molecule has 0 unspecified atom stereocenters. The van der Waals surface area contributed by atoms with Crippen LogP contribution in [0.4, 0.5) is 0 Å². The first-order valence-electron chi connectivity index (χ1n) is 9.66. The van der Waals surface area contributed by atoms with Crippen LogP contribution in [0.25, 0.3) is 22.4 Å². The van der Waals surface area contributed by atoms with Gasteiger partial charge in [0.05, 0.1) is 28.2 Å². The molecule has 4 aromatic heterocycles. The number of ether oxygens (including phenoxy) is 1. The second-order valence-electron chi connectivity index (χ2n) is 6.90. The van der Waals surface area contributed by atoms with E-state index in [0.29, 0.717) is 30.1 Å². The number of ketones is 1. The molecular formula is C23H17N5O2S. The first-order chi connectivity index (χ1) is 15.2. The molecule has 0 aliphatic rings. The third-order valence-corrected chi connectivity index (χ3v) is 5.48. The van der Waals surface area contributed by atoms with Gasteiger partial charge in [-0.1, -0.05) is 18.2 Å². The van der Waals surface area contributed by atoms with Crippen LogP contribution in [-0.2, 0) is 17.6 Å². The molecule has 0 bridgehead atoms. The Hall–Kier alpha value is -3.91. The second-order valence-corrected chi connectivity index (χ2v) is 7.88. The molecule has 7 nitrogen and oxygen atoms in total. The summed E-state index contributed by atoms with van der Waals surface area (Å²) < 4.78 is 6.00. The average Bonchev–Trinajstić information content (AvgIpc) is 3.46. The van der Waals surface area contributed by atoms with Crippen molar-refractivity contribution in [3.63, 3.8) is 0 Å². The zero-order chi connectivity index (χ0) is 21.0. The van der Waals surface area contributed by atoms with Crippen molar-refractivity contribution in [1.82, 2.24) is 24.9 Å². The lowest BCUT2D eigenvalue weighted by molar-refractivity contribution is -0.117. The Morgan fingerprint density at radius 2 is 1.87 bits per heavy atom. The Labute approximate surface area is 181 Å². The molecule has 1 aromatic carbocycles. The van der Waals surface area contributed by atoms with Gasteiger partial charge < -0.3 is 9.72 Å². The average molecular weight is 427 g/mol. The van der Waals surface area contributed by atoms with E-state index in [9.17, 15) is 4.79 Å². The minimum absolute atomic E-state index is 0.135. The molecule has 5 rings (SSSR count). The van der Waals surface area contributed by atoms with E-state index in [4.69, 9.17) is 4.74 Å². The number of carbonyl (C=O) groups excluding carboxylic acids is 1. The zero-order valence-corrected chi connectivity index (χ0v) is 17.2. The number of carbonyl (C=O) groups is 1. The van der Waals surface area contributed by atoms with E-state index >= 15 is 0 Å². The minimum atomic E-state index is 0.135. The van der Waals surface area contributed by atoms with E-state index in [1.165, 1.54) is 17.7 Å². The summed E-state index contributed by atoms with van der Waals surface area (Å²) in [5.74, 6) is 1.23. The maximum Gasteiger partial charge on any atom is 0.231 e. The molecule has 0 atom stereocenters. The van der Waals surface area contributed by atoms with Crippen molar-refractivity contribution in [2.45, 2.75) is 12.8 Å². The van der Waals surface area contributed by atoms with Gasteiger partial charge in [0, 0.05) is 24.2 Å². The molecule has 4 heterocycles. The number of H-pyrrole nitrogens is 1. The van der Waals surface area contributed by atoms with Crippen LogP contribution in [0, 0.1) is 0 Å². The van der Waals surface area contributed by atoms with Crippen LogP contribution < -0.4 is 4.74 Å². The fourth-order valence-electron chi connectivity index (χ4n) is 3.24. The van der Waals surface area contributed by atoms with Crippen molar-refractivity contribution in [2.75, 3.05) is 0 Å². The molecule has 0 fully saturated rings. The predicted molar refractivity (Wildman–Crippen MR) is 118 cm³/mol. The summed E-state index contributed by atoms with van der Waals surface area (Å²) in [4.78, 5) is 32.6.